The molecule has 0 spiro atoms. The van der Waals surface area contributed by atoms with Crippen molar-refractivity contribution in [3.63, 3.8) is 0 Å². The summed E-state index contributed by atoms with van der Waals surface area (Å²) < 4.78 is 2.19. The summed E-state index contributed by atoms with van der Waals surface area (Å²) in [5, 5.41) is 9.32. The van der Waals surface area contributed by atoms with E-state index in [0.29, 0.717) is 5.56 Å². The van der Waals surface area contributed by atoms with Crippen molar-refractivity contribution in [1.29, 1.82) is 0 Å². The van der Waals surface area contributed by atoms with Crippen LogP contribution in [0, 0.1) is 0 Å². The van der Waals surface area contributed by atoms with Crippen molar-refractivity contribution in [3.05, 3.63) is 23.8 Å². The summed E-state index contributed by atoms with van der Waals surface area (Å²) >= 11 is 2.56. The van der Waals surface area contributed by atoms with Crippen molar-refractivity contribution in [1.82, 2.24) is 0 Å². The molecule has 0 atom stereocenters. The van der Waals surface area contributed by atoms with Crippen LogP contribution in [-0.4, -0.2) is 10.2 Å². The van der Waals surface area contributed by atoms with Crippen molar-refractivity contribution >= 4 is 20.8 Å². The van der Waals surface area contributed by atoms with Gasteiger partial charge in [-0.05, 0) is 0 Å². The van der Waals surface area contributed by atoms with Gasteiger partial charge in [0.05, 0.1) is 0 Å². The van der Waals surface area contributed by atoms with Gasteiger partial charge < -0.3 is 0 Å². The normalized spacial score (nSPS) is 9.38. The zero-order valence-electron chi connectivity index (χ0n) is 7.45. The molecule has 0 bridgehead atoms. The Hall–Kier alpha value is -0.0249. The Morgan fingerprint density at radius 3 is 2.85 bits per heavy atom. The van der Waals surface area contributed by atoms with E-state index < -0.39 is 24.6 Å². The fraction of sp³-hybridized carbons (Fsp3) is 0.222. The first kappa shape index (κ1) is 11.1. The van der Waals surface area contributed by atoms with Crippen LogP contribution in [0.25, 0.3) is 0 Å². The quantitative estimate of drug-likeness (QED) is 0.615. The molecular formula is C9H10HgO2S. The summed E-state index contributed by atoms with van der Waals surface area (Å²) in [7, 11) is 0. The average Bonchev–Trinajstić information content (AvgIpc) is 2.08. The SMILES string of the molecule is C[CH2][Hg][c]1cccc(C(=O)S)c1O. The van der Waals surface area contributed by atoms with Gasteiger partial charge in [-0.3, -0.25) is 0 Å². The predicted molar refractivity (Wildman–Crippen MR) is 51.5 cm³/mol. The van der Waals surface area contributed by atoms with Crippen LogP contribution < -0.4 is 3.07 Å². The van der Waals surface area contributed by atoms with E-state index in [4.69, 9.17) is 0 Å². The van der Waals surface area contributed by atoms with Crippen LogP contribution in [0.2, 0.25) is 3.93 Å². The average molecular weight is 383 g/mol. The van der Waals surface area contributed by atoms with Crippen LogP contribution in [0.5, 0.6) is 5.75 Å². The molecule has 0 unspecified atom stereocenters. The number of carbonyl (C=O) groups excluding carboxylic acids is 1. The summed E-state index contributed by atoms with van der Waals surface area (Å²) in [6.07, 6.45) is 0. The van der Waals surface area contributed by atoms with Crippen molar-refractivity contribution in [3.8, 4) is 5.75 Å². The summed E-state index contributed by atoms with van der Waals surface area (Å²) in [5.74, 6) is 0.172. The maximum absolute atomic E-state index is 11.0. The van der Waals surface area contributed by atoms with E-state index in [9.17, 15) is 9.90 Å². The van der Waals surface area contributed by atoms with Crippen LogP contribution in [-0.2, 0) is 24.6 Å². The minimum atomic E-state index is -1.14. The Balaban J connectivity index is 3.10. The predicted octanol–water partition coefficient (Wildman–Crippen LogP) is 1.61. The molecule has 1 rings (SSSR count). The van der Waals surface area contributed by atoms with E-state index in [0.717, 1.165) is 7.00 Å². The molecule has 0 heterocycles. The van der Waals surface area contributed by atoms with Gasteiger partial charge in [0.15, 0.2) is 0 Å². The van der Waals surface area contributed by atoms with Crippen molar-refractivity contribution in [2.45, 2.75) is 10.9 Å². The number of hydrogen-bond acceptors (Lipinski definition) is 2. The monoisotopic (exact) mass is 384 g/mol. The first-order valence-corrected chi connectivity index (χ1v) is 11.3. The van der Waals surface area contributed by atoms with E-state index in [-0.39, 0.29) is 10.9 Å². The van der Waals surface area contributed by atoms with Gasteiger partial charge in [0.25, 0.3) is 0 Å². The van der Waals surface area contributed by atoms with Gasteiger partial charge >= 0.3 is 95.7 Å². The first-order chi connectivity index (χ1) is 6.16. The Kier molecular flexibility index (Phi) is 4.26. The van der Waals surface area contributed by atoms with Gasteiger partial charge in [-0.25, -0.2) is 0 Å². The van der Waals surface area contributed by atoms with Gasteiger partial charge in [0.1, 0.15) is 0 Å². The molecule has 0 radical (unpaired) electrons. The Bertz CT molecular complexity index is 325. The third-order valence-electron chi connectivity index (χ3n) is 1.87. The molecule has 0 aromatic heterocycles. The molecular weight excluding hydrogens is 373 g/mol. The number of thiol groups is 1. The molecule has 0 fully saturated rings. The minimum absolute atomic E-state index is 0.172. The van der Waals surface area contributed by atoms with Crippen LogP contribution in [0.4, 0.5) is 0 Å². The van der Waals surface area contributed by atoms with Crippen LogP contribution in [0.3, 0.4) is 0 Å². The van der Waals surface area contributed by atoms with Crippen molar-refractivity contribution in [2.75, 3.05) is 0 Å². The summed E-state index contributed by atoms with van der Waals surface area (Å²) in [4.78, 5) is 11.0. The fourth-order valence-corrected chi connectivity index (χ4v) is 6.35. The zero-order valence-corrected chi connectivity index (χ0v) is 13.8. The molecule has 1 aromatic rings. The molecule has 4 heteroatoms. The van der Waals surface area contributed by atoms with Crippen molar-refractivity contribution < 1.29 is 34.5 Å². The van der Waals surface area contributed by atoms with Gasteiger partial charge in [0.2, 0.25) is 0 Å². The third-order valence-corrected chi connectivity index (χ3v) is 8.37. The Labute approximate surface area is 95.2 Å². The number of benzene rings is 1. The molecule has 0 saturated heterocycles. The second-order valence-electron chi connectivity index (χ2n) is 2.87. The van der Waals surface area contributed by atoms with E-state index >= 15 is 0 Å². The molecule has 0 saturated carbocycles. The number of para-hydroxylation sites is 1. The first-order valence-electron chi connectivity index (χ1n) is 4.21. The molecule has 13 heavy (non-hydrogen) atoms. The summed E-state index contributed by atoms with van der Waals surface area (Å²) in [6, 6.07) is 5.34. The number of hydrogen-bond donors (Lipinski definition) is 2. The number of aromatic hydroxyl groups is 1. The second-order valence-corrected chi connectivity index (χ2v) is 12.1. The second kappa shape index (κ2) is 5.01. The fourth-order valence-electron chi connectivity index (χ4n) is 1.23. The zero-order chi connectivity index (χ0) is 9.84. The molecule has 0 aliphatic rings. The molecule has 0 aliphatic carbocycles. The van der Waals surface area contributed by atoms with Gasteiger partial charge in [0, 0.05) is 0 Å². The number of phenols is 1. The standard InChI is InChI=1S/C7H5O2S.C2H5.Hg/c8-6-4-2-1-3-5(6)7(9)10;1-2;/h1-3,8H,(H,9,10);1H2,2H3;. The van der Waals surface area contributed by atoms with Crippen LogP contribution >= 0.6 is 12.6 Å². The summed E-state index contributed by atoms with van der Waals surface area (Å²) in [6.45, 7) is 2.12. The van der Waals surface area contributed by atoms with E-state index in [2.05, 4.69) is 19.6 Å². The number of phenolic OH excluding ortho intramolecular Hbond substituents is 1. The van der Waals surface area contributed by atoms with E-state index in [1.54, 1.807) is 6.07 Å². The molecule has 66 valence electrons. The topological polar surface area (TPSA) is 37.3 Å². The number of rotatable bonds is 3. The van der Waals surface area contributed by atoms with E-state index in [1.165, 1.54) is 0 Å². The van der Waals surface area contributed by atoms with Gasteiger partial charge in [-0.15, -0.1) is 0 Å². The summed E-state index contributed by atoms with van der Waals surface area (Å²) in [5.41, 5.74) is 0.342. The van der Waals surface area contributed by atoms with E-state index in [1.807, 2.05) is 12.1 Å². The van der Waals surface area contributed by atoms with Crippen LogP contribution in [0.15, 0.2) is 18.2 Å². The maximum atomic E-state index is 11.0. The van der Waals surface area contributed by atoms with Crippen molar-refractivity contribution in [2.24, 2.45) is 0 Å². The molecule has 1 N–H and O–H groups in total. The third kappa shape index (κ3) is 2.71. The molecule has 2 nitrogen and oxygen atoms in total. The number of carbonyl (C=O) groups is 1. The molecule has 1 aromatic carbocycles. The Morgan fingerprint density at radius 1 is 1.62 bits per heavy atom. The van der Waals surface area contributed by atoms with Gasteiger partial charge in [-0.2, -0.15) is 0 Å². The molecule has 0 amide bonds. The molecule has 0 aliphatic heterocycles. The van der Waals surface area contributed by atoms with Gasteiger partial charge in [-0.1, -0.05) is 0 Å². The Morgan fingerprint density at radius 2 is 2.31 bits per heavy atom. The van der Waals surface area contributed by atoms with Crippen LogP contribution in [0.1, 0.15) is 17.3 Å².